The Morgan fingerprint density at radius 1 is 1.38 bits per heavy atom. The van der Waals surface area contributed by atoms with Crippen LogP contribution in [0.1, 0.15) is 56.6 Å². The lowest BCUT2D eigenvalue weighted by atomic mass is 9.82. The molecule has 2 rings (SSSR count). The highest BCUT2D eigenvalue weighted by atomic mass is 16.4. The summed E-state index contributed by atoms with van der Waals surface area (Å²) in [4.78, 5) is 13.1. The fourth-order valence-electron chi connectivity index (χ4n) is 3.32. The second-order valence-electron chi connectivity index (χ2n) is 6.37. The van der Waals surface area contributed by atoms with Crippen molar-refractivity contribution in [3.63, 3.8) is 0 Å². The van der Waals surface area contributed by atoms with E-state index in [4.69, 9.17) is 5.11 Å². The Bertz CT molecular complexity index is 470. The van der Waals surface area contributed by atoms with Gasteiger partial charge >= 0.3 is 5.97 Å². The molecule has 1 atom stereocenters. The van der Waals surface area contributed by atoms with Crippen molar-refractivity contribution >= 4 is 5.97 Å². The van der Waals surface area contributed by atoms with Gasteiger partial charge in [0.25, 0.3) is 0 Å². The highest BCUT2D eigenvalue weighted by Gasteiger charge is 2.23. The lowest BCUT2D eigenvalue weighted by Crippen LogP contribution is -2.36. The molecule has 1 aliphatic carbocycles. The standard InChI is InChI=1S/C18H27NO2/c1-14(2)19(12-6-11-18(20)21)13-16-9-5-8-15-7-3-4-10-17(15)16/h3-4,7,10,14,16H,5-6,8-9,11-13H2,1-2H3,(H,20,21). The van der Waals surface area contributed by atoms with Crippen LogP contribution in [-0.2, 0) is 11.2 Å². The number of aryl methyl sites for hydroxylation is 1. The second kappa shape index (κ2) is 7.60. The number of hydrogen-bond donors (Lipinski definition) is 1. The minimum absolute atomic E-state index is 0.268. The number of benzene rings is 1. The minimum atomic E-state index is -0.693. The molecule has 0 radical (unpaired) electrons. The molecule has 1 aromatic carbocycles. The molecule has 0 aliphatic heterocycles. The van der Waals surface area contributed by atoms with Crippen LogP contribution in [0.25, 0.3) is 0 Å². The van der Waals surface area contributed by atoms with Crippen LogP contribution in [0.5, 0.6) is 0 Å². The van der Waals surface area contributed by atoms with E-state index in [0.717, 1.165) is 19.5 Å². The summed E-state index contributed by atoms with van der Waals surface area (Å²) in [5.74, 6) is -0.0936. The van der Waals surface area contributed by atoms with E-state index in [1.54, 1.807) is 0 Å². The highest BCUT2D eigenvalue weighted by molar-refractivity contribution is 5.66. The SMILES string of the molecule is CC(C)N(CCCC(=O)O)CC1CCCc2ccccc21. The van der Waals surface area contributed by atoms with Gasteiger partial charge in [-0.15, -0.1) is 0 Å². The average Bonchev–Trinajstić information content (AvgIpc) is 2.46. The minimum Gasteiger partial charge on any atom is -0.481 e. The number of carboxylic acids is 1. The molecule has 1 unspecified atom stereocenters. The summed E-state index contributed by atoms with van der Waals surface area (Å²) in [6.45, 7) is 6.34. The fourth-order valence-corrected chi connectivity index (χ4v) is 3.32. The van der Waals surface area contributed by atoms with Crippen LogP contribution >= 0.6 is 0 Å². The third-order valence-electron chi connectivity index (χ3n) is 4.51. The van der Waals surface area contributed by atoms with E-state index in [-0.39, 0.29) is 6.42 Å². The van der Waals surface area contributed by atoms with Gasteiger partial charge in [-0.25, -0.2) is 0 Å². The van der Waals surface area contributed by atoms with Crippen molar-refractivity contribution in [1.82, 2.24) is 4.90 Å². The molecule has 0 spiro atoms. The number of nitrogens with zero attached hydrogens (tertiary/aromatic N) is 1. The number of carbonyl (C=O) groups is 1. The number of rotatable bonds is 7. The lowest BCUT2D eigenvalue weighted by molar-refractivity contribution is -0.137. The van der Waals surface area contributed by atoms with Gasteiger partial charge in [-0.2, -0.15) is 0 Å². The van der Waals surface area contributed by atoms with Crippen molar-refractivity contribution in [1.29, 1.82) is 0 Å². The second-order valence-corrected chi connectivity index (χ2v) is 6.37. The van der Waals surface area contributed by atoms with Gasteiger partial charge in [-0.05, 0) is 63.1 Å². The molecule has 0 saturated carbocycles. The van der Waals surface area contributed by atoms with E-state index in [0.29, 0.717) is 12.0 Å². The molecule has 3 nitrogen and oxygen atoms in total. The lowest BCUT2D eigenvalue weighted by Gasteiger charge is -2.33. The molecule has 0 aromatic heterocycles. The first-order valence-corrected chi connectivity index (χ1v) is 8.11. The molecule has 0 fully saturated rings. The Morgan fingerprint density at radius 2 is 2.14 bits per heavy atom. The fraction of sp³-hybridized carbons (Fsp3) is 0.611. The maximum absolute atomic E-state index is 10.7. The zero-order valence-corrected chi connectivity index (χ0v) is 13.2. The van der Waals surface area contributed by atoms with Gasteiger partial charge < -0.3 is 10.0 Å². The molecule has 0 heterocycles. The van der Waals surface area contributed by atoms with Crippen molar-refractivity contribution < 1.29 is 9.90 Å². The third kappa shape index (κ3) is 4.57. The van der Waals surface area contributed by atoms with Crippen LogP contribution in [0.2, 0.25) is 0 Å². The molecular formula is C18H27NO2. The van der Waals surface area contributed by atoms with Gasteiger partial charge in [0.15, 0.2) is 0 Å². The molecular weight excluding hydrogens is 262 g/mol. The van der Waals surface area contributed by atoms with Gasteiger partial charge in [0.2, 0.25) is 0 Å². The van der Waals surface area contributed by atoms with E-state index in [2.05, 4.69) is 43.0 Å². The normalized spacial score (nSPS) is 18.0. The van der Waals surface area contributed by atoms with Crippen LogP contribution in [0.3, 0.4) is 0 Å². The molecule has 1 N–H and O–H groups in total. The summed E-state index contributed by atoms with van der Waals surface area (Å²) >= 11 is 0. The van der Waals surface area contributed by atoms with Crippen molar-refractivity contribution in [3.05, 3.63) is 35.4 Å². The van der Waals surface area contributed by atoms with Gasteiger partial charge in [-0.1, -0.05) is 24.3 Å². The van der Waals surface area contributed by atoms with Gasteiger partial charge in [0, 0.05) is 19.0 Å². The van der Waals surface area contributed by atoms with Gasteiger partial charge in [0.1, 0.15) is 0 Å². The first kappa shape index (κ1) is 16.0. The summed E-state index contributed by atoms with van der Waals surface area (Å²) in [5, 5.41) is 8.80. The molecule has 116 valence electrons. The number of carboxylic acid groups (broad SMARTS) is 1. The zero-order chi connectivity index (χ0) is 15.2. The molecule has 3 heteroatoms. The predicted octanol–water partition coefficient (Wildman–Crippen LogP) is 3.68. The summed E-state index contributed by atoms with van der Waals surface area (Å²) in [7, 11) is 0. The Morgan fingerprint density at radius 3 is 2.86 bits per heavy atom. The van der Waals surface area contributed by atoms with Crippen LogP contribution in [0.15, 0.2) is 24.3 Å². The van der Waals surface area contributed by atoms with E-state index in [1.165, 1.54) is 30.4 Å². The number of fused-ring (bicyclic) bond motifs is 1. The van der Waals surface area contributed by atoms with Crippen LogP contribution in [0, 0.1) is 0 Å². The highest BCUT2D eigenvalue weighted by Crippen LogP contribution is 2.32. The van der Waals surface area contributed by atoms with E-state index in [1.807, 2.05) is 0 Å². The summed E-state index contributed by atoms with van der Waals surface area (Å²) < 4.78 is 0. The number of aliphatic carboxylic acids is 1. The first-order valence-electron chi connectivity index (χ1n) is 8.11. The molecule has 0 amide bonds. The Balaban J connectivity index is 1.99. The van der Waals surface area contributed by atoms with E-state index >= 15 is 0 Å². The van der Waals surface area contributed by atoms with E-state index < -0.39 is 5.97 Å². The van der Waals surface area contributed by atoms with Crippen LogP contribution in [0.4, 0.5) is 0 Å². The van der Waals surface area contributed by atoms with Crippen molar-refractivity contribution in [2.45, 2.75) is 57.9 Å². The first-order chi connectivity index (χ1) is 10.1. The molecule has 0 saturated heterocycles. The largest absolute Gasteiger partial charge is 0.481 e. The Hall–Kier alpha value is -1.35. The van der Waals surface area contributed by atoms with Crippen molar-refractivity contribution in [2.75, 3.05) is 13.1 Å². The van der Waals surface area contributed by atoms with Crippen molar-refractivity contribution in [3.8, 4) is 0 Å². The van der Waals surface area contributed by atoms with Gasteiger partial charge in [-0.3, -0.25) is 4.79 Å². The monoisotopic (exact) mass is 289 g/mol. The smallest absolute Gasteiger partial charge is 0.303 e. The molecule has 0 bridgehead atoms. The summed E-state index contributed by atoms with van der Waals surface area (Å²) in [6, 6.07) is 9.27. The Kier molecular flexibility index (Phi) is 5.80. The summed E-state index contributed by atoms with van der Waals surface area (Å²) in [6.07, 6.45) is 4.72. The summed E-state index contributed by atoms with van der Waals surface area (Å²) in [5.41, 5.74) is 3.01. The van der Waals surface area contributed by atoms with Crippen LogP contribution < -0.4 is 0 Å². The number of hydrogen-bond acceptors (Lipinski definition) is 2. The maximum Gasteiger partial charge on any atom is 0.303 e. The van der Waals surface area contributed by atoms with Crippen molar-refractivity contribution in [2.24, 2.45) is 0 Å². The molecule has 21 heavy (non-hydrogen) atoms. The maximum atomic E-state index is 10.7. The Labute approximate surface area is 128 Å². The third-order valence-corrected chi connectivity index (χ3v) is 4.51. The predicted molar refractivity (Wildman–Crippen MR) is 85.7 cm³/mol. The molecule has 1 aliphatic rings. The van der Waals surface area contributed by atoms with E-state index in [9.17, 15) is 4.79 Å². The molecule has 1 aromatic rings. The topological polar surface area (TPSA) is 40.5 Å². The van der Waals surface area contributed by atoms with Crippen LogP contribution in [-0.4, -0.2) is 35.1 Å². The zero-order valence-electron chi connectivity index (χ0n) is 13.2. The quantitative estimate of drug-likeness (QED) is 0.832. The van der Waals surface area contributed by atoms with Gasteiger partial charge in [0.05, 0.1) is 0 Å². The average molecular weight is 289 g/mol.